The third-order valence-electron chi connectivity index (χ3n) is 3.60. The molecule has 23 heavy (non-hydrogen) atoms. The van der Waals surface area contributed by atoms with Crippen molar-refractivity contribution in [1.82, 2.24) is 4.57 Å². The van der Waals surface area contributed by atoms with E-state index in [-0.39, 0.29) is 21.6 Å². The maximum absolute atomic E-state index is 12.6. The number of anilines is 2. The molecule has 0 saturated heterocycles. The number of nitrogens with one attached hydrogen (secondary N) is 1. The molecule has 0 unspecified atom stereocenters. The van der Waals surface area contributed by atoms with Crippen LogP contribution in [0.4, 0.5) is 11.4 Å². The van der Waals surface area contributed by atoms with Crippen LogP contribution in [0.25, 0.3) is 10.9 Å². The van der Waals surface area contributed by atoms with Gasteiger partial charge in [0.2, 0.25) is 0 Å². The summed E-state index contributed by atoms with van der Waals surface area (Å²) in [6, 6.07) is 10.6. The van der Waals surface area contributed by atoms with Gasteiger partial charge in [-0.25, -0.2) is 0 Å². The average molecular weight is 369 g/mol. The van der Waals surface area contributed by atoms with Gasteiger partial charge in [0.15, 0.2) is 0 Å². The second-order valence-electron chi connectivity index (χ2n) is 5.05. The molecule has 0 atom stereocenters. The van der Waals surface area contributed by atoms with Crippen LogP contribution in [0.15, 0.2) is 36.4 Å². The smallest absolute Gasteiger partial charge is 0.273 e. The lowest BCUT2D eigenvalue weighted by molar-refractivity contribution is 0.102. The first kappa shape index (κ1) is 16.0. The van der Waals surface area contributed by atoms with Crippen LogP contribution in [0.5, 0.6) is 0 Å². The van der Waals surface area contributed by atoms with E-state index in [9.17, 15) is 4.79 Å². The number of nitrogens with zero attached hydrogens (tertiary/aromatic N) is 1. The summed E-state index contributed by atoms with van der Waals surface area (Å²) in [5.74, 6) is -0.356. The Labute approximate surface area is 147 Å². The van der Waals surface area contributed by atoms with Gasteiger partial charge in [0, 0.05) is 23.6 Å². The van der Waals surface area contributed by atoms with Crippen molar-refractivity contribution in [3.05, 3.63) is 57.2 Å². The molecule has 118 valence electrons. The fraction of sp³-hybridized carbons (Fsp3) is 0.0625. The number of amides is 1. The highest BCUT2D eigenvalue weighted by atomic mass is 35.5. The fourth-order valence-corrected chi connectivity index (χ4v) is 3.31. The van der Waals surface area contributed by atoms with Crippen LogP contribution in [-0.4, -0.2) is 10.5 Å². The number of aryl methyl sites for hydroxylation is 1. The number of fused-ring (bicyclic) bond motifs is 1. The Bertz CT molecular complexity index is 872. The zero-order valence-electron chi connectivity index (χ0n) is 12.0. The van der Waals surface area contributed by atoms with Crippen molar-refractivity contribution in [2.24, 2.45) is 7.05 Å². The molecular weight excluding hydrogens is 357 g/mol. The molecule has 0 radical (unpaired) electrons. The van der Waals surface area contributed by atoms with Crippen molar-refractivity contribution >= 4 is 63.0 Å². The maximum Gasteiger partial charge on any atom is 0.273 e. The minimum atomic E-state index is -0.356. The molecule has 7 heteroatoms. The number of carbonyl (C=O) groups is 1. The summed E-state index contributed by atoms with van der Waals surface area (Å²) in [4.78, 5) is 12.6. The number of rotatable bonds is 2. The molecule has 3 N–H and O–H groups in total. The van der Waals surface area contributed by atoms with E-state index >= 15 is 0 Å². The summed E-state index contributed by atoms with van der Waals surface area (Å²) < 4.78 is 1.74. The normalized spacial score (nSPS) is 11.0. The van der Waals surface area contributed by atoms with Gasteiger partial charge in [0.25, 0.3) is 5.91 Å². The van der Waals surface area contributed by atoms with E-state index < -0.39 is 0 Å². The van der Waals surface area contributed by atoms with Crippen LogP contribution >= 0.6 is 34.8 Å². The van der Waals surface area contributed by atoms with Gasteiger partial charge in [-0.3, -0.25) is 4.79 Å². The molecule has 3 aromatic rings. The summed E-state index contributed by atoms with van der Waals surface area (Å²) >= 11 is 18.3. The Balaban J connectivity index is 2.02. The van der Waals surface area contributed by atoms with Crippen LogP contribution in [-0.2, 0) is 7.05 Å². The van der Waals surface area contributed by atoms with E-state index in [0.717, 1.165) is 10.9 Å². The van der Waals surface area contributed by atoms with E-state index in [2.05, 4.69) is 5.32 Å². The number of nitrogens with two attached hydrogens (primary N) is 1. The van der Waals surface area contributed by atoms with Crippen molar-refractivity contribution in [2.45, 2.75) is 0 Å². The minimum Gasteiger partial charge on any atom is -0.396 e. The topological polar surface area (TPSA) is 60.0 Å². The van der Waals surface area contributed by atoms with Gasteiger partial charge in [-0.1, -0.05) is 53.0 Å². The number of hydrogen-bond acceptors (Lipinski definition) is 2. The first-order valence-corrected chi connectivity index (χ1v) is 7.82. The first-order chi connectivity index (χ1) is 10.9. The number of carbonyl (C=O) groups excluding carboxylic acids is 1. The molecule has 0 bridgehead atoms. The summed E-state index contributed by atoms with van der Waals surface area (Å²) in [6.07, 6.45) is 0. The maximum atomic E-state index is 12.6. The largest absolute Gasteiger partial charge is 0.396 e. The Hall–Kier alpha value is -1.88. The molecular formula is C16H12Cl3N3O. The number of para-hydroxylation sites is 1. The second-order valence-corrected chi connectivity index (χ2v) is 6.24. The van der Waals surface area contributed by atoms with Crippen molar-refractivity contribution in [3.63, 3.8) is 0 Å². The van der Waals surface area contributed by atoms with Crippen molar-refractivity contribution in [3.8, 4) is 0 Å². The Morgan fingerprint density at radius 1 is 1.13 bits per heavy atom. The summed E-state index contributed by atoms with van der Waals surface area (Å²) in [6.45, 7) is 0. The Kier molecular flexibility index (Phi) is 4.15. The minimum absolute atomic E-state index is 0.272. The molecule has 1 amide bonds. The number of halogens is 3. The van der Waals surface area contributed by atoms with Crippen LogP contribution < -0.4 is 11.1 Å². The highest BCUT2D eigenvalue weighted by Crippen LogP contribution is 2.33. The van der Waals surface area contributed by atoms with Gasteiger partial charge >= 0.3 is 0 Å². The van der Waals surface area contributed by atoms with Crippen LogP contribution in [0.2, 0.25) is 15.1 Å². The predicted octanol–water partition coefficient (Wildman–Crippen LogP) is 4.97. The predicted molar refractivity (Wildman–Crippen MR) is 96.8 cm³/mol. The molecule has 1 aromatic heterocycles. The summed E-state index contributed by atoms with van der Waals surface area (Å²) in [5, 5.41) is 4.50. The lowest BCUT2D eigenvalue weighted by atomic mass is 10.2. The molecule has 0 aliphatic heterocycles. The van der Waals surface area contributed by atoms with E-state index in [1.807, 2.05) is 24.3 Å². The number of aromatic nitrogens is 1. The number of nitrogen functional groups attached to an aromatic ring is 1. The Morgan fingerprint density at radius 3 is 2.35 bits per heavy atom. The quantitative estimate of drug-likeness (QED) is 0.627. The molecule has 0 saturated carbocycles. The fourth-order valence-electron chi connectivity index (χ4n) is 2.45. The summed E-state index contributed by atoms with van der Waals surface area (Å²) in [7, 11) is 1.78. The van der Waals surface area contributed by atoms with E-state index in [0.29, 0.717) is 16.4 Å². The van der Waals surface area contributed by atoms with Crippen molar-refractivity contribution in [2.75, 3.05) is 11.1 Å². The Morgan fingerprint density at radius 2 is 1.74 bits per heavy atom. The average Bonchev–Trinajstić information content (AvgIpc) is 2.77. The van der Waals surface area contributed by atoms with Gasteiger partial charge in [0.1, 0.15) is 5.69 Å². The highest BCUT2D eigenvalue weighted by Gasteiger charge is 2.20. The van der Waals surface area contributed by atoms with Crippen molar-refractivity contribution < 1.29 is 4.79 Å². The third-order valence-corrected chi connectivity index (χ3v) is 4.61. The number of benzene rings is 2. The van der Waals surface area contributed by atoms with Gasteiger partial charge in [-0.2, -0.15) is 0 Å². The van der Waals surface area contributed by atoms with Crippen LogP contribution in [0, 0.1) is 0 Å². The SMILES string of the molecule is Cn1c(C(=O)Nc2cc(Cl)c(N)c(Cl)c2)c(Cl)c2ccccc21. The van der Waals surface area contributed by atoms with Gasteiger partial charge < -0.3 is 15.6 Å². The molecule has 2 aromatic carbocycles. The summed E-state index contributed by atoms with van der Waals surface area (Å²) in [5.41, 5.74) is 7.64. The standard InChI is InChI=1S/C16H12Cl3N3O/c1-22-12-5-3-2-4-9(12)13(19)15(22)16(23)21-8-6-10(17)14(20)11(18)7-8/h2-7H,20H2,1H3,(H,21,23). The lowest BCUT2D eigenvalue weighted by Gasteiger charge is -2.09. The molecule has 0 aliphatic rings. The lowest BCUT2D eigenvalue weighted by Crippen LogP contribution is -2.16. The van der Waals surface area contributed by atoms with Gasteiger partial charge in [-0.05, 0) is 18.2 Å². The number of hydrogen-bond donors (Lipinski definition) is 2. The van der Waals surface area contributed by atoms with E-state index in [1.165, 1.54) is 12.1 Å². The molecule has 4 nitrogen and oxygen atoms in total. The monoisotopic (exact) mass is 367 g/mol. The van der Waals surface area contributed by atoms with Gasteiger partial charge in [-0.15, -0.1) is 0 Å². The van der Waals surface area contributed by atoms with Gasteiger partial charge in [0.05, 0.1) is 20.8 Å². The van der Waals surface area contributed by atoms with Crippen molar-refractivity contribution in [1.29, 1.82) is 0 Å². The zero-order chi connectivity index (χ0) is 16.7. The third kappa shape index (κ3) is 2.74. The van der Waals surface area contributed by atoms with Crippen LogP contribution in [0.1, 0.15) is 10.5 Å². The molecule has 0 aliphatic carbocycles. The highest BCUT2D eigenvalue weighted by molar-refractivity contribution is 6.40. The zero-order valence-corrected chi connectivity index (χ0v) is 14.3. The first-order valence-electron chi connectivity index (χ1n) is 6.69. The molecule has 0 fully saturated rings. The van der Waals surface area contributed by atoms with Crippen LogP contribution in [0.3, 0.4) is 0 Å². The molecule has 3 rings (SSSR count). The van der Waals surface area contributed by atoms with E-state index in [1.54, 1.807) is 11.6 Å². The van der Waals surface area contributed by atoms with E-state index in [4.69, 9.17) is 40.5 Å². The molecule has 0 spiro atoms. The molecule has 1 heterocycles. The second kappa shape index (κ2) is 5.96.